The highest BCUT2D eigenvalue weighted by Gasteiger charge is 2.39. The summed E-state index contributed by atoms with van der Waals surface area (Å²) in [4.78, 5) is 0. The zero-order chi connectivity index (χ0) is 17.9. The van der Waals surface area contributed by atoms with Crippen LogP contribution in [0.1, 0.15) is 5.56 Å². The van der Waals surface area contributed by atoms with E-state index in [4.69, 9.17) is 11.6 Å². The maximum Gasteiger partial charge on any atom is 0.433 e. The first kappa shape index (κ1) is 20.1. The summed E-state index contributed by atoms with van der Waals surface area (Å²) in [5.41, 5.74) is 0.283. The van der Waals surface area contributed by atoms with Crippen LogP contribution >= 0.6 is 19.3 Å². The number of aryl methyl sites for hydroxylation is 1. The number of benzene rings is 1. The average Bonchev–Trinajstić information content (AvgIpc) is 2.37. The minimum Gasteiger partial charge on any atom is -0.293 e. The molecule has 4 nitrogen and oxygen atoms in total. The maximum atomic E-state index is 12.2. The quantitative estimate of drug-likeness (QED) is 0.531. The zero-order valence-corrected chi connectivity index (χ0v) is 13.1. The largest absolute Gasteiger partial charge is 0.433 e. The van der Waals surface area contributed by atoms with E-state index in [-0.39, 0.29) is 10.7 Å². The second kappa shape index (κ2) is 7.29. The molecule has 0 aliphatic rings. The molecule has 0 aromatic heterocycles. The SMILES string of the molecule is Cc1ccc(Cl)cc1NP(=O)(OCC(F)(F)F)OCC(F)(F)F. The molecular formula is C11H11ClF6NO3P. The Morgan fingerprint density at radius 3 is 2.00 bits per heavy atom. The molecule has 0 amide bonds. The Hall–Kier alpha value is -0.960. The van der Waals surface area contributed by atoms with Crippen molar-refractivity contribution < 1.29 is 40.0 Å². The van der Waals surface area contributed by atoms with Crippen LogP contribution in [0.2, 0.25) is 5.02 Å². The highest BCUT2D eigenvalue weighted by molar-refractivity contribution is 7.55. The van der Waals surface area contributed by atoms with Gasteiger partial charge in [-0.15, -0.1) is 0 Å². The third kappa shape index (κ3) is 7.92. The summed E-state index contributed by atoms with van der Waals surface area (Å²) in [6, 6.07) is 4.01. The van der Waals surface area contributed by atoms with Gasteiger partial charge in [-0.3, -0.25) is 14.1 Å². The number of hydrogen-bond acceptors (Lipinski definition) is 3. The van der Waals surface area contributed by atoms with Crippen molar-refractivity contribution >= 4 is 25.0 Å². The third-order valence-corrected chi connectivity index (χ3v) is 3.94. The van der Waals surface area contributed by atoms with Crippen LogP contribution in [0.25, 0.3) is 0 Å². The van der Waals surface area contributed by atoms with Crippen molar-refractivity contribution in [3.05, 3.63) is 28.8 Å². The molecule has 0 aliphatic heterocycles. The summed E-state index contributed by atoms with van der Waals surface area (Å²) in [6.07, 6.45) is -9.80. The number of rotatable bonds is 6. The number of alkyl halides is 6. The summed E-state index contributed by atoms with van der Waals surface area (Å²) in [5.74, 6) is 0. The van der Waals surface area contributed by atoms with Crippen molar-refractivity contribution in [3.63, 3.8) is 0 Å². The van der Waals surface area contributed by atoms with E-state index in [1.807, 2.05) is 5.09 Å². The molecule has 12 heteroatoms. The van der Waals surface area contributed by atoms with Gasteiger partial charge in [-0.25, -0.2) is 4.57 Å². The second-order valence-corrected chi connectivity index (χ2v) is 6.52. The van der Waals surface area contributed by atoms with Crippen LogP contribution in [0.3, 0.4) is 0 Å². The van der Waals surface area contributed by atoms with Gasteiger partial charge in [-0.05, 0) is 24.6 Å². The molecule has 132 valence electrons. The molecule has 1 rings (SSSR count). The van der Waals surface area contributed by atoms with Gasteiger partial charge in [-0.1, -0.05) is 17.7 Å². The molecule has 23 heavy (non-hydrogen) atoms. The molecule has 1 aromatic rings. The van der Waals surface area contributed by atoms with E-state index in [1.165, 1.54) is 19.1 Å². The lowest BCUT2D eigenvalue weighted by molar-refractivity contribution is -0.165. The molecule has 0 spiro atoms. The van der Waals surface area contributed by atoms with Gasteiger partial charge in [0.2, 0.25) is 0 Å². The number of halogens is 7. The molecule has 1 aromatic carbocycles. The lowest BCUT2D eigenvalue weighted by Gasteiger charge is -2.22. The summed E-state index contributed by atoms with van der Waals surface area (Å²) in [7, 11) is -4.93. The van der Waals surface area contributed by atoms with Gasteiger partial charge in [-0.2, -0.15) is 26.3 Å². The molecule has 0 unspecified atom stereocenters. The van der Waals surface area contributed by atoms with Crippen LogP contribution in [0.15, 0.2) is 18.2 Å². The monoisotopic (exact) mass is 385 g/mol. The van der Waals surface area contributed by atoms with Crippen LogP contribution in [0.5, 0.6) is 0 Å². The van der Waals surface area contributed by atoms with E-state index in [0.29, 0.717) is 5.56 Å². The van der Waals surface area contributed by atoms with Crippen molar-refractivity contribution in [3.8, 4) is 0 Å². The molecule has 0 heterocycles. The molecule has 0 saturated heterocycles. The van der Waals surface area contributed by atoms with Crippen LogP contribution < -0.4 is 5.09 Å². The molecule has 0 bridgehead atoms. The summed E-state index contributed by atoms with van der Waals surface area (Å²) < 4.78 is 93.2. The normalized spacial score (nSPS) is 13.2. The van der Waals surface area contributed by atoms with Gasteiger partial charge in [0, 0.05) is 10.7 Å². The summed E-state index contributed by atoms with van der Waals surface area (Å²) in [6.45, 7) is -2.62. The fraction of sp³-hybridized carbons (Fsp3) is 0.455. The first-order chi connectivity index (χ1) is 10.3. The Morgan fingerprint density at radius 1 is 1.09 bits per heavy atom. The maximum absolute atomic E-state index is 12.2. The van der Waals surface area contributed by atoms with Crippen LogP contribution in [0, 0.1) is 6.92 Å². The lowest BCUT2D eigenvalue weighted by atomic mass is 10.2. The smallest absolute Gasteiger partial charge is 0.293 e. The Labute approximate surface area is 132 Å². The summed E-state index contributed by atoms with van der Waals surface area (Å²) in [5, 5.41) is 2.06. The molecule has 0 atom stereocenters. The van der Waals surface area contributed by atoms with Gasteiger partial charge >= 0.3 is 20.1 Å². The molecule has 0 aliphatic carbocycles. The molecule has 0 fully saturated rings. The Bertz CT molecular complexity index is 570. The summed E-state index contributed by atoms with van der Waals surface area (Å²) >= 11 is 5.67. The lowest BCUT2D eigenvalue weighted by Crippen LogP contribution is -2.22. The Kier molecular flexibility index (Phi) is 6.37. The van der Waals surface area contributed by atoms with Crippen molar-refractivity contribution in [2.24, 2.45) is 0 Å². The third-order valence-electron chi connectivity index (χ3n) is 2.25. The average molecular weight is 386 g/mol. The highest BCUT2D eigenvalue weighted by atomic mass is 35.5. The van der Waals surface area contributed by atoms with Crippen LogP contribution in [-0.2, 0) is 13.6 Å². The minimum atomic E-state index is -4.93. The van der Waals surface area contributed by atoms with Gasteiger partial charge in [0.05, 0.1) is 0 Å². The first-order valence-electron chi connectivity index (χ1n) is 5.87. The van der Waals surface area contributed by atoms with E-state index in [2.05, 4.69) is 9.05 Å². The predicted molar refractivity (Wildman–Crippen MR) is 71.4 cm³/mol. The van der Waals surface area contributed by atoms with E-state index < -0.39 is 33.3 Å². The van der Waals surface area contributed by atoms with Gasteiger partial charge in [0.25, 0.3) is 0 Å². The molecule has 1 N–H and O–H groups in total. The van der Waals surface area contributed by atoms with E-state index >= 15 is 0 Å². The first-order valence-corrected chi connectivity index (χ1v) is 7.79. The zero-order valence-electron chi connectivity index (χ0n) is 11.5. The van der Waals surface area contributed by atoms with Crippen LogP contribution in [-0.4, -0.2) is 25.6 Å². The van der Waals surface area contributed by atoms with Gasteiger partial charge in [0.1, 0.15) is 0 Å². The van der Waals surface area contributed by atoms with Crippen molar-refractivity contribution in [2.45, 2.75) is 19.3 Å². The fourth-order valence-corrected chi connectivity index (χ4v) is 2.82. The molecule has 0 radical (unpaired) electrons. The fourth-order valence-electron chi connectivity index (χ4n) is 1.28. The Balaban J connectivity index is 2.98. The number of hydrogen-bond donors (Lipinski definition) is 1. The second-order valence-electron chi connectivity index (χ2n) is 4.35. The highest BCUT2D eigenvalue weighted by Crippen LogP contribution is 2.50. The minimum absolute atomic E-state index is 0.0785. The van der Waals surface area contributed by atoms with Crippen LogP contribution in [0.4, 0.5) is 32.0 Å². The standard InChI is InChI=1S/C11H11ClF6NO3P/c1-7-2-3-8(12)4-9(7)19-23(20,21-5-10(13,14)15)22-6-11(16,17)18/h2-4H,5-6H2,1H3,(H,19,20). The molecule has 0 saturated carbocycles. The van der Waals surface area contributed by atoms with Crippen molar-refractivity contribution in [2.75, 3.05) is 18.3 Å². The molecular weight excluding hydrogens is 375 g/mol. The van der Waals surface area contributed by atoms with E-state index in [0.717, 1.165) is 6.07 Å². The Morgan fingerprint density at radius 2 is 1.57 bits per heavy atom. The van der Waals surface area contributed by atoms with Crippen molar-refractivity contribution in [1.29, 1.82) is 0 Å². The van der Waals surface area contributed by atoms with Gasteiger partial charge in [0.15, 0.2) is 13.2 Å². The topological polar surface area (TPSA) is 47.6 Å². The van der Waals surface area contributed by atoms with Gasteiger partial charge < -0.3 is 0 Å². The predicted octanol–water partition coefficient (Wildman–Crippen LogP) is 5.33. The van der Waals surface area contributed by atoms with E-state index in [9.17, 15) is 30.9 Å². The van der Waals surface area contributed by atoms with E-state index in [1.54, 1.807) is 0 Å². The number of nitrogens with one attached hydrogen (secondary N) is 1. The number of anilines is 1. The van der Waals surface area contributed by atoms with Crippen molar-refractivity contribution in [1.82, 2.24) is 0 Å².